The van der Waals surface area contributed by atoms with Gasteiger partial charge in [-0.2, -0.15) is 0 Å². The number of carbonyl (C=O) groups is 2. The number of fused-ring (bicyclic) bond motifs is 2. The van der Waals surface area contributed by atoms with Gasteiger partial charge in [0.05, 0.1) is 28.3 Å². The van der Waals surface area contributed by atoms with Crippen LogP contribution in [-0.2, 0) is 0 Å². The smallest absolute Gasteiger partial charge is 0.197 e. The second-order valence-electron chi connectivity index (χ2n) is 17.7. The molecule has 65 heavy (non-hydrogen) atoms. The summed E-state index contributed by atoms with van der Waals surface area (Å²) in [7, 11) is 0. The molecule has 0 saturated heterocycles. The molecular formula is C61H50N2O2. The number of ketones is 2. The Morgan fingerprint density at radius 3 is 1.22 bits per heavy atom. The van der Waals surface area contributed by atoms with Gasteiger partial charge in [0, 0.05) is 22.3 Å². The fourth-order valence-electron chi connectivity index (χ4n) is 9.57. The summed E-state index contributed by atoms with van der Waals surface area (Å²) in [5.41, 5.74) is 17.6. The summed E-state index contributed by atoms with van der Waals surface area (Å²) in [6, 6.07) is 65.6. The average molecular weight is 843 g/mol. The van der Waals surface area contributed by atoms with Gasteiger partial charge in [-0.1, -0.05) is 191 Å². The van der Waals surface area contributed by atoms with Gasteiger partial charge >= 0.3 is 0 Å². The minimum atomic E-state index is -0.254. The van der Waals surface area contributed by atoms with Gasteiger partial charge in [0.15, 0.2) is 11.6 Å². The van der Waals surface area contributed by atoms with E-state index in [1.807, 2.05) is 30.3 Å². The number of aryl methyl sites for hydroxylation is 1. The fraction of sp³-hybridized carbons (Fsp3) is 0.115. The number of nitrogens with zero attached hydrogens (tertiary/aromatic N) is 2. The summed E-state index contributed by atoms with van der Waals surface area (Å²) in [6.45, 7) is 11.2. The summed E-state index contributed by atoms with van der Waals surface area (Å²) < 4.78 is 0. The van der Waals surface area contributed by atoms with Gasteiger partial charge in [0.1, 0.15) is 5.82 Å². The van der Waals surface area contributed by atoms with E-state index in [0.717, 1.165) is 78.6 Å². The molecule has 0 N–H and O–H groups in total. The third-order valence-electron chi connectivity index (χ3n) is 12.8. The van der Waals surface area contributed by atoms with Gasteiger partial charge < -0.3 is 0 Å². The van der Waals surface area contributed by atoms with Crippen LogP contribution in [0.25, 0.3) is 44.5 Å². The zero-order valence-electron chi connectivity index (χ0n) is 37.4. The van der Waals surface area contributed by atoms with E-state index >= 15 is 0 Å². The van der Waals surface area contributed by atoms with Gasteiger partial charge in [-0.05, 0) is 105 Å². The van der Waals surface area contributed by atoms with Crippen molar-refractivity contribution in [3.8, 4) is 44.5 Å². The molecule has 10 rings (SSSR count). The summed E-state index contributed by atoms with van der Waals surface area (Å²) in [4.78, 5) is 32.8. The molecule has 0 fully saturated rings. The molecule has 4 nitrogen and oxygen atoms in total. The normalized spacial score (nSPS) is 13.9. The van der Waals surface area contributed by atoms with Gasteiger partial charge in [-0.25, -0.2) is 0 Å². The van der Waals surface area contributed by atoms with Crippen LogP contribution in [0.4, 0.5) is 22.7 Å². The number of Topliss-reactive ketones (excluding diaryl/α,β-unsaturated/α-hetero) is 2. The second-order valence-corrected chi connectivity index (χ2v) is 17.7. The summed E-state index contributed by atoms with van der Waals surface area (Å²) >= 11 is 0. The van der Waals surface area contributed by atoms with Gasteiger partial charge in [0.25, 0.3) is 0 Å². The molecular weight excluding hydrogens is 793 g/mol. The van der Waals surface area contributed by atoms with Crippen molar-refractivity contribution in [3.05, 3.63) is 239 Å². The van der Waals surface area contributed by atoms with Crippen LogP contribution in [0.3, 0.4) is 0 Å². The van der Waals surface area contributed by atoms with E-state index in [4.69, 9.17) is 0 Å². The molecule has 1 aliphatic carbocycles. The molecule has 2 aliphatic rings. The maximum absolute atomic E-state index is 14.1. The van der Waals surface area contributed by atoms with Crippen molar-refractivity contribution in [2.45, 2.75) is 46.5 Å². The largest absolute Gasteiger partial charge is 0.293 e. The van der Waals surface area contributed by atoms with Crippen LogP contribution in [0.15, 0.2) is 212 Å². The maximum Gasteiger partial charge on any atom is 0.197 e. The van der Waals surface area contributed by atoms with E-state index < -0.39 is 0 Å². The Kier molecular flexibility index (Phi) is 10.8. The van der Waals surface area contributed by atoms with E-state index in [2.05, 4.69) is 196 Å². The predicted octanol–water partition coefficient (Wildman–Crippen LogP) is 16.0. The number of allylic oxidation sites excluding steroid dienone is 3. The second kappa shape index (κ2) is 17.0. The Hall–Kier alpha value is -7.82. The highest BCUT2D eigenvalue weighted by molar-refractivity contribution is 6.39. The van der Waals surface area contributed by atoms with Crippen LogP contribution in [0.5, 0.6) is 0 Å². The lowest BCUT2D eigenvalue weighted by Gasteiger charge is -2.33. The zero-order valence-corrected chi connectivity index (χ0v) is 37.4. The maximum atomic E-state index is 14.1. The quantitative estimate of drug-likeness (QED) is 0.107. The fourth-order valence-corrected chi connectivity index (χ4v) is 9.57. The number of hydrogen-bond donors (Lipinski definition) is 0. The van der Waals surface area contributed by atoms with Crippen molar-refractivity contribution in [2.75, 3.05) is 9.80 Å². The van der Waals surface area contributed by atoms with E-state index in [1.54, 1.807) is 18.2 Å². The van der Waals surface area contributed by atoms with E-state index in [-0.39, 0.29) is 29.0 Å². The molecule has 0 unspecified atom stereocenters. The highest BCUT2D eigenvalue weighted by Crippen LogP contribution is 2.56. The number of rotatable bonds is 9. The SMILES string of the molecule is Cc1cc(-c2ccc(-c3ccccc3)cc2)c(N2/C(=C/C=C3C(=O)c4ccccc4C3=O)N(c3c(C(C)C)cccc3C(C)C)c3ccccc32)c(-c2ccc(-c3ccccc3)cc2)c1. The molecule has 0 aromatic heterocycles. The Morgan fingerprint density at radius 1 is 0.385 bits per heavy atom. The van der Waals surface area contributed by atoms with Crippen LogP contribution in [0.2, 0.25) is 0 Å². The molecule has 316 valence electrons. The number of carbonyl (C=O) groups excluding carboxylic acids is 2. The number of para-hydroxylation sites is 3. The van der Waals surface area contributed by atoms with Crippen LogP contribution in [-0.4, -0.2) is 11.6 Å². The Bertz CT molecular complexity index is 3010. The van der Waals surface area contributed by atoms with Crippen LogP contribution < -0.4 is 9.80 Å². The molecule has 8 aromatic rings. The number of benzene rings is 8. The molecule has 0 atom stereocenters. The molecule has 0 radical (unpaired) electrons. The molecule has 0 spiro atoms. The zero-order chi connectivity index (χ0) is 44.8. The highest BCUT2D eigenvalue weighted by Gasteiger charge is 2.39. The first-order valence-electron chi connectivity index (χ1n) is 22.6. The average Bonchev–Trinajstić information content (AvgIpc) is 3.79. The Morgan fingerprint density at radius 2 is 0.769 bits per heavy atom. The standard InChI is InChI=1S/C61H50N2O2/c1-39(2)48-23-16-24-49(40(3)4)58(48)62-55-25-14-15-26-56(55)63(57(62)36-35-52-60(64)50-21-12-13-22-51(50)61(52)65)59-53(46-31-27-44(28-32-46)42-17-8-6-9-18-42)37-41(5)38-54(59)47-33-29-45(30-34-47)43-19-10-7-11-20-43/h6-40H,1-5H3/b57-36+. The molecule has 4 heteroatoms. The molecule has 1 heterocycles. The Labute approximate surface area is 382 Å². The first-order valence-corrected chi connectivity index (χ1v) is 22.6. The van der Waals surface area contributed by atoms with Crippen LogP contribution in [0.1, 0.15) is 76.9 Å². The van der Waals surface area contributed by atoms with Gasteiger partial charge in [-0.3, -0.25) is 19.4 Å². The topological polar surface area (TPSA) is 40.6 Å². The van der Waals surface area contributed by atoms with Crippen molar-refractivity contribution in [1.29, 1.82) is 0 Å². The molecule has 8 aromatic carbocycles. The van der Waals surface area contributed by atoms with Crippen molar-refractivity contribution in [2.24, 2.45) is 0 Å². The van der Waals surface area contributed by atoms with Crippen LogP contribution >= 0.6 is 0 Å². The molecule has 0 amide bonds. The van der Waals surface area contributed by atoms with Crippen LogP contribution in [0, 0.1) is 6.92 Å². The van der Waals surface area contributed by atoms with E-state index in [1.165, 1.54) is 11.1 Å². The first kappa shape index (κ1) is 41.2. The van der Waals surface area contributed by atoms with E-state index in [0.29, 0.717) is 11.1 Å². The minimum absolute atomic E-state index is 0.160. The summed E-state index contributed by atoms with van der Waals surface area (Å²) in [5, 5.41) is 0. The van der Waals surface area contributed by atoms with Crippen molar-refractivity contribution < 1.29 is 9.59 Å². The summed E-state index contributed by atoms with van der Waals surface area (Å²) in [6.07, 6.45) is 3.76. The third-order valence-corrected chi connectivity index (χ3v) is 12.8. The van der Waals surface area contributed by atoms with Crippen molar-refractivity contribution in [3.63, 3.8) is 0 Å². The molecule has 1 aliphatic heterocycles. The first-order chi connectivity index (χ1) is 31.7. The Balaban J connectivity index is 1.27. The van der Waals surface area contributed by atoms with Crippen molar-refractivity contribution >= 4 is 34.3 Å². The van der Waals surface area contributed by atoms with Gasteiger partial charge in [-0.15, -0.1) is 0 Å². The lowest BCUT2D eigenvalue weighted by atomic mass is 9.91. The monoisotopic (exact) mass is 842 g/mol. The number of anilines is 4. The third kappa shape index (κ3) is 7.41. The lowest BCUT2D eigenvalue weighted by molar-refractivity contribution is 0.0988. The number of hydrogen-bond acceptors (Lipinski definition) is 4. The minimum Gasteiger partial charge on any atom is -0.293 e. The lowest BCUT2D eigenvalue weighted by Crippen LogP contribution is -2.25. The predicted molar refractivity (Wildman–Crippen MR) is 270 cm³/mol. The molecule has 0 bridgehead atoms. The van der Waals surface area contributed by atoms with Crippen molar-refractivity contribution in [1.82, 2.24) is 0 Å². The van der Waals surface area contributed by atoms with E-state index in [9.17, 15) is 9.59 Å². The summed E-state index contributed by atoms with van der Waals surface area (Å²) in [5.74, 6) is 0.714. The molecule has 0 saturated carbocycles. The highest BCUT2D eigenvalue weighted by atomic mass is 16.2. The van der Waals surface area contributed by atoms with Gasteiger partial charge in [0.2, 0.25) is 0 Å².